The van der Waals surface area contributed by atoms with Gasteiger partial charge in [0.05, 0.1) is 19.1 Å². The number of rotatable bonds is 3. The molecule has 6 nitrogen and oxygen atoms in total. The molecule has 98 valence electrons. The number of amides is 1. The Morgan fingerprint density at radius 1 is 1.47 bits per heavy atom. The molecule has 1 amide bonds. The highest BCUT2D eigenvalue weighted by molar-refractivity contribution is 5.84. The number of ether oxygens (including phenoxy) is 1. The molecule has 6 heteroatoms. The van der Waals surface area contributed by atoms with Crippen LogP contribution in [0.3, 0.4) is 0 Å². The molecule has 1 aromatic heterocycles. The minimum atomic E-state index is -0.159. The molecular weight excluding hydrogens is 244 g/mol. The molecule has 19 heavy (non-hydrogen) atoms. The van der Waals surface area contributed by atoms with Gasteiger partial charge in [-0.1, -0.05) is 18.2 Å². The Morgan fingerprint density at radius 3 is 3.21 bits per heavy atom. The van der Waals surface area contributed by atoms with E-state index in [9.17, 15) is 4.79 Å². The molecule has 3 rings (SSSR count). The average molecular weight is 258 g/mol. The Labute approximate surface area is 110 Å². The van der Waals surface area contributed by atoms with Crippen molar-refractivity contribution in [1.82, 2.24) is 20.5 Å². The van der Waals surface area contributed by atoms with E-state index in [1.54, 1.807) is 0 Å². The van der Waals surface area contributed by atoms with E-state index >= 15 is 0 Å². The highest BCUT2D eigenvalue weighted by atomic mass is 16.5. The summed E-state index contributed by atoms with van der Waals surface area (Å²) in [5, 5.41) is 9.32. The SMILES string of the molecule is O=C(NCc1ncn[nH]1)C1CCOc2ccccc21. The minimum absolute atomic E-state index is 0.00727. The van der Waals surface area contributed by atoms with E-state index in [1.807, 2.05) is 24.3 Å². The highest BCUT2D eigenvalue weighted by Gasteiger charge is 2.27. The van der Waals surface area contributed by atoms with E-state index in [1.165, 1.54) is 6.33 Å². The van der Waals surface area contributed by atoms with Crippen LogP contribution in [0.15, 0.2) is 30.6 Å². The summed E-state index contributed by atoms with van der Waals surface area (Å²) in [7, 11) is 0. The Balaban J connectivity index is 1.71. The molecule has 2 N–H and O–H groups in total. The van der Waals surface area contributed by atoms with Crippen LogP contribution < -0.4 is 10.1 Å². The van der Waals surface area contributed by atoms with Gasteiger partial charge >= 0.3 is 0 Å². The van der Waals surface area contributed by atoms with E-state index in [-0.39, 0.29) is 11.8 Å². The Bertz CT molecular complexity index is 568. The number of nitrogens with zero attached hydrogens (tertiary/aromatic N) is 2. The van der Waals surface area contributed by atoms with Crippen LogP contribution in [0.2, 0.25) is 0 Å². The van der Waals surface area contributed by atoms with Crippen LogP contribution in [-0.4, -0.2) is 27.7 Å². The topological polar surface area (TPSA) is 79.9 Å². The second kappa shape index (κ2) is 5.09. The summed E-state index contributed by atoms with van der Waals surface area (Å²) in [6.45, 7) is 0.926. The number of nitrogens with one attached hydrogen (secondary N) is 2. The number of fused-ring (bicyclic) bond motifs is 1. The van der Waals surface area contributed by atoms with Gasteiger partial charge in [0.2, 0.25) is 5.91 Å². The molecule has 1 aromatic carbocycles. The van der Waals surface area contributed by atoms with E-state index in [0.29, 0.717) is 25.4 Å². The highest BCUT2D eigenvalue weighted by Crippen LogP contribution is 2.33. The third-order valence-electron chi connectivity index (χ3n) is 3.17. The van der Waals surface area contributed by atoms with Crippen molar-refractivity contribution in [3.63, 3.8) is 0 Å². The summed E-state index contributed by atoms with van der Waals surface area (Å²) in [6.07, 6.45) is 2.12. The Hall–Kier alpha value is -2.37. The normalized spacial score (nSPS) is 17.4. The summed E-state index contributed by atoms with van der Waals surface area (Å²) in [6, 6.07) is 7.66. The van der Waals surface area contributed by atoms with Gasteiger partial charge in [0, 0.05) is 5.56 Å². The van der Waals surface area contributed by atoms with Crippen molar-refractivity contribution in [1.29, 1.82) is 0 Å². The zero-order valence-corrected chi connectivity index (χ0v) is 10.3. The summed E-state index contributed by atoms with van der Waals surface area (Å²) in [5.74, 6) is 1.28. The van der Waals surface area contributed by atoms with Gasteiger partial charge in [0.15, 0.2) is 0 Å². The second-order valence-electron chi connectivity index (χ2n) is 4.38. The fourth-order valence-corrected chi connectivity index (χ4v) is 2.22. The molecule has 0 fully saturated rings. The summed E-state index contributed by atoms with van der Waals surface area (Å²) in [5.41, 5.74) is 0.948. The number of aromatic amines is 1. The first-order valence-corrected chi connectivity index (χ1v) is 6.18. The number of benzene rings is 1. The monoisotopic (exact) mass is 258 g/mol. The van der Waals surface area contributed by atoms with Crippen LogP contribution in [-0.2, 0) is 11.3 Å². The molecule has 1 unspecified atom stereocenters. The molecule has 1 aliphatic heterocycles. The standard InChI is InChI=1S/C13H14N4O2/c18-13(14-7-12-15-8-16-17-12)10-5-6-19-11-4-2-1-3-9(10)11/h1-4,8,10H,5-7H2,(H,14,18)(H,15,16,17). The van der Waals surface area contributed by atoms with Crippen LogP contribution >= 0.6 is 0 Å². The first-order valence-electron chi connectivity index (χ1n) is 6.18. The van der Waals surface area contributed by atoms with E-state index in [4.69, 9.17) is 4.74 Å². The van der Waals surface area contributed by atoms with Gasteiger partial charge in [-0.3, -0.25) is 9.89 Å². The molecule has 0 bridgehead atoms. The average Bonchev–Trinajstić information content (AvgIpc) is 2.97. The lowest BCUT2D eigenvalue weighted by molar-refractivity contribution is -0.123. The maximum atomic E-state index is 12.2. The summed E-state index contributed by atoms with van der Waals surface area (Å²) < 4.78 is 5.55. The zero-order chi connectivity index (χ0) is 13.1. The summed E-state index contributed by atoms with van der Waals surface area (Å²) >= 11 is 0. The van der Waals surface area contributed by atoms with Gasteiger partial charge in [0.1, 0.15) is 17.9 Å². The lowest BCUT2D eigenvalue weighted by Gasteiger charge is -2.24. The van der Waals surface area contributed by atoms with Gasteiger partial charge < -0.3 is 10.1 Å². The van der Waals surface area contributed by atoms with Gasteiger partial charge in [0.25, 0.3) is 0 Å². The quantitative estimate of drug-likeness (QED) is 0.860. The number of aromatic nitrogens is 3. The fraction of sp³-hybridized carbons (Fsp3) is 0.308. The predicted molar refractivity (Wildman–Crippen MR) is 67.5 cm³/mol. The predicted octanol–water partition coefficient (Wildman–Crippen LogP) is 0.987. The molecule has 2 aromatic rings. The lowest BCUT2D eigenvalue weighted by atomic mass is 9.92. The smallest absolute Gasteiger partial charge is 0.228 e. The van der Waals surface area contributed by atoms with Crippen LogP contribution in [0.25, 0.3) is 0 Å². The van der Waals surface area contributed by atoms with Gasteiger partial charge in [-0.25, -0.2) is 4.98 Å². The number of carbonyl (C=O) groups is 1. The molecule has 1 aliphatic rings. The van der Waals surface area contributed by atoms with Crippen LogP contribution in [0, 0.1) is 0 Å². The van der Waals surface area contributed by atoms with Crippen LogP contribution in [0.4, 0.5) is 0 Å². The number of hydrogen-bond donors (Lipinski definition) is 2. The molecule has 0 radical (unpaired) electrons. The number of H-pyrrole nitrogens is 1. The molecule has 0 aliphatic carbocycles. The van der Waals surface area contributed by atoms with Gasteiger partial charge in [-0.2, -0.15) is 5.10 Å². The molecule has 0 spiro atoms. The third kappa shape index (κ3) is 2.42. The summed E-state index contributed by atoms with van der Waals surface area (Å²) in [4.78, 5) is 16.2. The van der Waals surface area contributed by atoms with E-state index < -0.39 is 0 Å². The van der Waals surface area contributed by atoms with Crippen molar-refractivity contribution >= 4 is 5.91 Å². The van der Waals surface area contributed by atoms with Crippen molar-refractivity contribution in [3.8, 4) is 5.75 Å². The molecule has 1 atom stereocenters. The van der Waals surface area contributed by atoms with Crippen LogP contribution in [0.5, 0.6) is 5.75 Å². The molecule has 0 saturated heterocycles. The third-order valence-corrected chi connectivity index (χ3v) is 3.17. The molecular formula is C13H14N4O2. The maximum absolute atomic E-state index is 12.2. The molecule has 2 heterocycles. The van der Waals surface area contributed by atoms with Crippen molar-refractivity contribution in [2.75, 3.05) is 6.61 Å². The number of carbonyl (C=O) groups excluding carboxylic acids is 1. The first kappa shape index (κ1) is 11.7. The number of hydrogen-bond acceptors (Lipinski definition) is 4. The van der Waals surface area contributed by atoms with Crippen molar-refractivity contribution < 1.29 is 9.53 Å². The fourth-order valence-electron chi connectivity index (χ4n) is 2.22. The van der Waals surface area contributed by atoms with Gasteiger partial charge in [-0.15, -0.1) is 0 Å². The maximum Gasteiger partial charge on any atom is 0.228 e. The Morgan fingerprint density at radius 2 is 2.37 bits per heavy atom. The lowest BCUT2D eigenvalue weighted by Crippen LogP contribution is -2.32. The zero-order valence-electron chi connectivity index (χ0n) is 10.3. The van der Waals surface area contributed by atoms with E-state index in [0.717, 1.165) is 11.3 Å². The van der Waals surface area contributed by atoms with Crippen LogP contribution in [0.1, 0.15) is 23.7 Å². The number of para-hydroxylation sites is 1. The van der Waals surface area contributed by atoms with Crippen molar-refractivity contribution in [2.24, 2.45) is 0 Å². The molecule has 0 saturated carbocycles. The Kier molecular flexibility index (Phi) is 3.14. The minimum Gasteiger partial charge on any atom is -0.493 e. The second-order valence-corrected chi connectivity index (χ2v) is 4.38. The van der Waals surface area contributed by atoms with Gasteiger partial charge in [-0.05, 0) is 12.5 Å². The largest absolute Gasteiger partial charge is 0.493 e. The van der Waals surface area contributed by atoms with Crippen molar-refractivity contribution in [2.45, 2.75) is 18.9 Å². The van der Waals surface area contributed by atoms with Crippen molar-refractivity contribution in [3.05, 3.63) is 42.0 Å². The first-order chi connectivity index (χ1) is 9.34. The van der Waals surface area contributed by atoms with E-state index in [2.05, 4.69) is 20.5 Å².